The lowest BCUT2D eigenvalue weighted by Crippen LogP contribution is -2.41. The second-order valence-corrected chi connectivity index (χ2v) is 9.53. The highest BCUT2D eigenvalue weighted by Crippen LogP contribution is 2.45. The summed E-state index contributed by atoms with van der Waals surface area (Å²) in [4.78, 5) is 5.13. The first-order chi connectivity index (χ1) is 13.9. The maximum atomic E-state index is 9.22. The van der Waals surface area contributed by atoms with E-state index in [0.717, 1.165) is 30.8 Å². The van der Waals surface area contributed by atoms with Crippen LogP contribution in [0.15, 0.2) is 42.5 Å². The third kappa shape index (κ3) is 3.86. The molecule has 2 aromatic carbocycles. The van der Waals surface area contributed by atoms with Crippen molar-refractivity contribution in [2.75, 3.05) is 29.4 Å². The van der Waals surface area contributed by atoms with Crippen molar-refractivity contribution >= 4 is 11.4 Å². The van der Waals surface area contributed by atoms with Crippen LogP contribution < -0.4 is 9.80 Å². The van der Waals surface area contributed by atoms with Gasteiger partial charge in [0, 0.05) is 37.1 Å². The van der Waals surface area contributed by atoms with E-state index in [9.17, 15) is 5.26 Å². The van der Waals surface area contributed by atoms with Crippen LogP contribution in [-0.2, 0) is 0 Å². The van der Waals surface area contributed by atoms with Crippen LogP contribution in [0.1, 0.15) is 62.6 Å². The lowest BCUT2D eigenvalue weighted by molar-refractivity contribution is 0.245. The van der Waals surface area contributed by atoms with Gasteiger partial charge in [-0.15, -0.1) is 0 Å². The molecule has 152 valence electrons. The Bertz CT molecular complexity index is 899. The van der Waals surface area contributed by atoms with E-state index in [1.165, 1.54) is 36.2 Å². The second kappa shape index (κ2) is 7.75. The molecule has 2 aromatic rings. The van der Waals surface area contributed by atoms with Crippen LogP contribution in [0, 0.1) is 23.7 Å². The zero-order valence-corrected chi connectivity index (χ0v) is 18.3. The predicted octanol–water partition coefficient (Wildman–Crippen LogP) is 5.88. The number of aryl methyl sites for hydroxylation is 1. The fourth-order valence-corrected chi connectivity index (χ4v) is 5.29. The van der Waals surface area contributed by atoms with Crippen molar-refractivity contribution in [3.8, 4) is 6.07 Å². The van der Waals surface area contributed by atoms with Gasteiger partial charge in [0.05, 0.1) is 11.6 Å². The number of anilines is 2. The number of piperidine rings is 1. The third-order valence-electron chi connectivity index (χ3n) is 7.18. The molecule has 2 heterocycles. The molecular weight excluding hydrogens is 354 g/mol. The Balaban J connectivity index is 1.43. The van der Waals surface area contributed by atoms with Crippen molar-refractivity contribution in [2.45, 2.75) is 58.9 Å². The molecular formula is C26H33N3. The van der Waals surface area contributed by atoms with E-state index in [-0.39, 0.29) is 0 Å². The number of hydrogen-bond acceptors (Lipinski definition) is 3. The SMILES string of the molecule is Cc1cc(N2CC3(CCN(c4ccc(C(C)C)cc4)CC3)CC2C)ccc1C#N. The van der Waals surface area contributed by atoms with Crippen molar-refractivity contribution in [3.63, 3.8) is 0 Å². The van der Waals surface area contributed by atoms with Gasteiger partial charge < -0.3 is 9.80 Å². The van der Waals surface area contributed by atoms with Gasteiger partial charge in [0.15, 0.2) is 0 Å². The first kappa shape index (κ1) is 19.8. The van der Waals surface area contributed by atoms with Crippen LogP contribution >= 0.6 is 0 Å². The molecule has 0 saturated carbocycles. The van der Waals surface area contributed by atoms with E-state index in [0.29, 0.717) is 17.4 Å². The van der Waals surface area contributed by atoms with Crippen LogP contribution in [0.3, 0.4) is 0 Å². The lowest BCUT2D eigenvalue weighted by Gasteiger charge is -2.40. The van der Waals surface area contributed by atoms with Gasteiger partial charge in [0.1, 0.15) is 0 Å². The molecule has 2 aliphatic rings. The summed E-state index contributed by atoms with van der Waals surface area (Å²) in [6, 6.07) is 18.3. The molecule has 2 fully saturated rings. The van der Waals surface area contributed by atoms with Gasteiger partial charge in [-0.3, -0.25) is 0 Å². The summed E-state index contributed by atoms with van der Waals surface area (Å²) < 4.78 is 0. The highest BCUT2D eigenvalue weighted by molar-refractivity contribution is 5.55. The summed E-state index contributed by atoms with van der Waals surface area (Å²) in [7, 11) is 0. The highest BCUT2D eigenvalue weighted by Gasteiger charge is 2.44. The summed E-state index contributed by atoms with van der Waals surface area (Å²) in [6.45, 7) is 12.3. The van der Waals surface area contributed by atoms with E-state index in [1.807, 2.05) is 13.0 Å². The standard InChI is InChI=1S/C26H33N3/c1-19(2)22-5-8-24(9-6-22)28-13-11-26(12-14-28)16-21(4)29(18-26)25-10-7-23(17-27)20(3)15-25/h5-10,15,19,21H,11-14,16,18H2,1-4H3. The largest absolute Gasteiger partial charge is 0.371 e. The number of rotatable bonds is 3. The van der Waals surface area contributed by atoms with Crippen LogP contribution in [-0.4, -0.2) is 25.7 Å². The Hall–Kier alpha value is -2.47. The third-order valence-corrected chi connectivity index (χ3v) is 7.18. The van der Waals surface area contributed by atoms with E-state index >= 15 is 0 Å². The lowest BCUT2D eigenvalue weighted by atomic mass is 9.76. The van der Waals surface area contributed by atoms with Gasteiger partial charge in [-0.2, -0.15) is 5.26 Å². The van der Waals surface area contributed by atoms with E-state index < -0.39 is 0 Å². The van der Waals surface area contributed by atoms with Crippen LogP contribution in [0.4, 0.5) is 11.4 Å². The van der Waals surface area contributed by atoms with E-state index in [4.69, 9.17) is 0 Å². The van der Waals surface area contributed by atoms with Gasteiger partial charge in [0.2, 0.25) is 0 Å². The minimum Gasteiger partial charge on any atom is -0.371 e. The van der Waals surface area contributed by atoms with Crippen molar-refractivity contribution in [3.05, 3.63) is 59.2 Å². The average molecular weight is 388 g/mol. The average Bonchev–Trinajstić information content (AvgIpc) is 3.04. The molecule has 3 heteroatoms. The van der Waals surface area contributed by atoms with Crippen molar-refractivity contribution < 1.29 is 0 Å². The Labute approximate surface area is 175 Å². The number of nitrogens with zero attached hydrogens (tertiary/aromatic N) is 3. The summed E-state index contributed by atoms with van der Waals surface area (Å²) in [5, 5.41) is 9.22. The van der Waals surface area contributed by atoms with Gasteiger partial charge in [-0.1, -0.05) is 26.0 Å². The minimum absolute atomic E-state index is 0.426. The van der Waals surface area contributed by atoms with Crippen LogP contribution in [0.25, 0.3) is 0 Å². The minimum atomic E-state index is 0.426. The molecule has 2 aliphatic heterocycles. The van der Waals surface area contributed by atoms with E-state index in [2.05, 4.69) is 73.0 Å². The number of benzene rings is 2. The maximum Gasteiger partial charge on any atom is 0.0994 e. The first-order valence-electron chi connectivity index (χ1n) is 11.0. The molecule has 0 bridgehead atoms. The van der Waals surface area contributed by atoms with Gasteiger partial charge >= 0.3 is 0 Å². The zero-order chi connectivity index (χ0) is 20.6. The monoisotopic (exact) mass is 387 g/mol. The Kier molecular flexibility index (Phi) is 5.30. The fourth-order valence-electron chi connectivity index (χ4n) is 5.29. The quantitative estimate of drug-likeness (QED) is 0.659. The molecule has 1 atom stereocenters. The van der Waals surface area contributed by atoms with Gasteiger partial charge in [0.25, 0.3) is 0 Å². The Morgan fingerprint density at radius 2 is 1.69 bits per heavy atom. The maximum absolute atomic E-state index is 9.22. The predicted molar refractivity (Wildman–Crippen MR) is 122 cm³/mol. The normalized spacial score (nSPS) is 21.0. The van der Waals surface area contributed by atoms with Gasteiger partial charge in [-0.25, -0.2) is 0 Å². The topological polar surface area (TPSA) is 30.3 Å². The van der Waals surface area contributed by atoms with Crippen LogP contribution in [0.2, 0.25) is 0 Å². The van der Waals surface area contributed by atoms with Gasteiger partial charge in [-0.05, 0) is 85.9 Å². The van der Waals surface area contributed by atoms with Crippen LogP contribution in [0.5, 0.6) is 0 Å². The molecule has 0 aliphatic carbocycles. The Morgan fingerprint density at radius 3 is 2.28 bits per heavy atom. The summed E-state index contributed by atoms with van der Waals surface area (Å²) in [5.41, 5.74) is 6.35. The fraction of sp³-hybridized carbons (Fsp3) is 0.500. The van der Waals surface area contributed by atoms with Crippen molar-refractivity contribution in [2.24, 2.45) is 5.41 Å². The van der Waals surface area contributed by atoms with Crippen molar-refractivity contribution in [1.29, 1.82) is 5.26 Å². The molecule has 0 radical (unpaired) electrons. The molecule has 0 N–H and O–H groups in total. The zero-order valence-electron chi connectivity index (χ0n) is 18.3. The molecule has 29 heavy (non-hydrogen) atoms. The highest BCUT2D eigenvalue weighted by atomic mass is 15.2. The molecule has 2 saturated heterocycles. The second-order valence-electron chi connectivity index (χ2n) is 9.53. The summed E-state index contributed by atoms with van der Waals surface area (Å²) in [5.74, 6) is 0.588. The molecule has 1 spiro atoms. The molecule has 0 amide bonds. The number of hydrogen-bond donors (Lipinski definition) is 0. The summed E-state index contributed by atoms with van der Waals surface area (Å²) >= 11 is 0. The summed E-state index contributed by atoms with van der Waals surface area (Å²) in [6.07, 6.45) is 3.79. The smallest absolute Gasteiger partial charge is 0.0994 e. The van der Waals surface area contributed by atoms with Crippen molar-refractivity contribution in [1.82, 2.24) is 0 Å². The molecule has 3 nitrogen and oxygen atoms in total. The molecule has 0 aromatic heterocycles. The molecule has 1 unspecified atom stereocenters. The Morgan fingerprint density at radius 1 is 1.03 bits per heavy atom. The van der Waals surface area contributed by atoms with E-state index in [1.54, 1.807) is 0 Å². The first-order valence-corrected chi connectivity index (χ1v) is 11.0. The molecule has 4 rings (SSSR count). The number of nitriles is 1.